The summed E-state index contributed by atoms with van der Waals surface area (Å²) >= 11 is 1.23. The van der Waals surface area contributed by atoms with Crippen molar-refractivity contribution in [3.05, 3.63) is 30.6 Å². The number of halogens is 6. The molecule has 18 heteroatoms. The Morgan fingerprint density at radius 3 is 2.32 bits per heavy atom. The molecule has 0 saturated heterocycles. The lowest BCUT2D eigenvalue weighted by atomic mass is 10.3. The first-order chi connectivity index (χ1) is 17.3. The summed E-state index contributed by atoms with van der Waals surface area (Å²) in [7, 11) is -3.36. The molecule has 0 saturated carbocycles. The Hall–Kier alpha value is -2.59. The van der Waals surface area contributed by atoms with Gasteiger partial charge in [0.2, 0.25) is 5.95 Å². The zero-order valence-corrected chi connectivity index (χ0v) is 20.7. The van der Waals surface area contributed by atoms with Crippen LogP contribution in [0.25, 0.3) is 11.2 Å². The van der Waals surface area contributed by atoms with Crippen LogP contribution in [0, 0.1) is 0 Å². The molecule has 2 aromatic heterocycles. The van der Waals surface area contributed by atoms with Gasteiger partial charge in [0.1, 0.15) is 22.6 Å². The van der Waals surface area contributed by atoms with Gasteiger partial charge in [-0.15, -0.1) is 0 Å². The van der Waals surface area contributed by atoms with Crippen LogP contribution in [0.1, 0.15) is 0 Å². The second kappa shape index (κ2) is 11.9. The third-order valence-corrected chi connectivity index (χ3v) is 6.88. The Morgan fingerprint density at radius 2 is 1.70 bits per heavy atom. The van der Waals surface area contributed by atoms with Gasteiger partial charge < -0.3 is 19.8 Å². The van der Waals surface area contributed by atoms with E-state index in [1.165, 1.54) is 29.8 Å². The normalized spacial score (nSPS) is 12.8. The first kappa shape index (κ1) is 29.0. The lowest BCUT2D eigenvalue weighted by Crippen LogP contribution is -2.21. The molecular weight excluding hydrogens is 555 g/mol. The largest absolute Gasteiger partial charge is 0.496 e. The van der Waals surface area contributed by atoms with Crippen molar-refractivity contribution in [1.29, 1.82) is 0 Å². The Morgan fingerprint density at radius 1 is 1.05 bits per heavy atom. The van der Waals surface area contributed by atoms with Gasteiger partial charge in [-0.3, -0.25) is 13.6 Å². The number of anilines is 1. The minimum absolute atomic E-state index is 0.0236. The van der Waals surface area contributed by atoms with E-state index < -0.39 is 39.5 Å². The lowest BCUT2D eigenvalue weighted by molar-refractivity contribution is -0.166. The van der Waals surface area contributed by atoms with Gasteiger partial charge in [-0.05, 0) is 12.1 Å². The molecule has 0 atom stereocenters. The summed E-state index contributed by atoms with van der Waals surface area (Å²) in [5, 5.41) is 0.414. The van der Waals surface area contributed by atoms with Crippen LogP contribution in [0.5, 0.6) is 5.75 Å². The monoisotopic (exact) mass is 575 g/mol. The van der Waals surface area contributed by atoms with E-state index in [0.717, 1.165) is 4.90 Å². The smallest absolute Gasteiger partial charge is 0.412 e. The van der Waals surface area contributed by atoms with Crippen molar-refractivity contribution in [1.82, 2.24) is 19.5 Å². The maximum absolute atomic E-state index is 12.4. The van der Waals surface area contributed by atoms with Gasteiger partial charge in [-0.2, -0.15) is 31.3 Å². The van der Waals surface area contributed by atoms with E-state index in [0.29, 0.717) is 21.9 Å². The van der Waals surface area contributed by atoms with Gasteiger partial charge >= 0.3 is 19.9 Å². The van der Waals surface area contributed by atoms with E-state index in [9.17, 15) is 30.9 Å². The molecule has 0 unspecified atom stereocenters. The zero-order valence-electron chi connectivity index (χ0n) is 19.0. The number of ether oxygens (including phenoxy) is 2. The van der Waals surface area contributed by atoms with Crippen molar-refractivity contribution >= 4 is 36.5 Å². The Bertz CT molecular complexity index is 1240. The van der Waals surface area contributed by atoms with Crippen LogP contribution in [-0.4, -0.2) is 65.2 Å². The third-order valence-electron chi connectivity index (χ3n) is 4.30. The summed E-state index contributed by atoms with van der Waals surface area (Å²) in [4.78, 5) is 13.3. The number of para-hydroxylation sites is 1. The molecule has 0 bridgehead atoms. The van der Waals surface area contributed by atoms with E-state index in [4.69, 9.17) is 15.2 Å². The van der Waals surface area contributed by atoms with Crippen molar-refractivity contribution in [2.75, 3.05) is 39.0 Å². The van der Waals surface area contributed by atoms with Gasteiger partial charge in [0.15, 0.2) is 18.9 Å². The molecule has 2 heterocycles. The van der Waals surface area contributed by atoms with Gasteiger partial charge in [0.05, 0.1) is 24.9 Å². The van der Waals surface area contributed by atoms with Crippen molar-refractivity contribution in [2.24, 2.45) is 0 Å². The summed E-state index contributed by atoms with van der Waals surface area (Å²) in [6.45, 7) is -4.47. The van der Waals surface area contributed by atoms with E-state index in [-0.39, 0.29) is 19.1 Å². The van der Waals surface area contributed by atoms with Crippen LogP contribution < -0.4 is 10.5 Å². The Kier molecular flexibility index (Phi) is 9.28. The number of fused-ring (bicyclic) bond motifs is 1. The van der Waals surface area contributed by atoms with E-state index in [1.807, 2.05) is 0 Å². The molecule has 0 amide bonds. The number of hydrogen-bond acceptors (Lipinski definition) is 10. The summed E-state index contributed by atoms with van der Waals surface area (Å²) in [5.41, 5.74) is 6.50. The molecule has 3 rings (SSSR count). The fourth-order valence-corrected chi connectivity index (χ4v) is 5.02. The van der Waals surface area contributed by atoms with Gasteiger partial charge in [0.25, 0.3) is 0 Å². The summed E-state index contributed by atoms with van der Waals surface area (Å²) in [6, 6.07) is 7.16. The average Bonchev–Trinajstić information content (AvgIpc) is 3.22. The molecule has 3 aromatic rings. The van der Waals surface area contributed by atoms with E-state index in [2.05, 4.69) is 24.0 Å². The third kappa shape index (κ3) is 8.74. The SMILES string of the molecule is COc1ccccc1Sc1nc(N)nc2c1ncn2CCOCP(=O)(OCC(F)(F)F)OCC(F)(F)F. The number of nitrogens with zero attached hydrogens (tertiary/aromatic N) is 4. The number of benzene rings is 1. The fourth-order valence-electron chi connectivity index (χ4n) is 2.77. The summed E-state index contributed by atoms with van der Waals surface area (Å²) < 4.78 is 107. The van der Waals surface area contributed by atoms with Gasteiger partial charge in [-0.1, -0.05) is 23.9 Å². The highest BCUT2D eigenvalue weighted by Crippen LogP contribution is 2.50. The van der Waals surface area contributed by atoms with E-state index >= 15 is 0 Å². The number of nitrogen functional groups attached to an aromatic ring is 1. The van der Waals surface area contributed by atoms with Crippen molar-refractivity contribution in [3.63, 3.8) is 0 Å². The molecule has 10 nitrogen and oxygen atoms in total. The molecule has 37 heavy (non-hydrogen) atoms. The summed E-state index contributed by atoms with van der Waals surface area (Å²) in [6.07, 6.45) is -9.65. The van der Waals surface area contributed by atoms with Crippen molar-refractivity contribution < 1.29 is 49.4 Å². The topological polar surface area (TPSA) is 124 Å². The van der Waals surface area contributed by atoms with Crippen molar-refractivity contribution in [3.8, 4) is 5.75 Å². The molecule has 0 aliphatic carbocycles. The number of nitrogens with two attached hydrogens (primary N) is 1. The highest BCUT2D eigenvalue weighted by atomic mass is 32.2. The summed E-state index contributed by atoms with van der Waals surface area (Å²) in [5.74, 6) is 0.522. The maximum Gasteiger partial charge on any atom is 0.412 e. The number of hydrogen-bond donors (Lipinski definition) is 1. The predicted molar refractivity (Wildman–Crippen MR) is 119 cm³/mol. The Labute approximate surface area is 210 Å². The molecule has 0 fully saturated rings. The van der Waals surface area contributed by atoms with Crippen molar-refractivity contribution in [2.45, 2.75) is 28.8 Å². The highest BCUT2D eigenvalue weighted by Gasteiger charge is 2.38. The lowest BCUT2D eigenvalue weighted by Gasteiger charge is -2.20. The van der Waals surface area contributed by atoms with Crippen LogP contribution >= 0.6 is 19.4 Å². The number of aromatic nitrogens is 4. The number of imidazole rings is 1. The molecule has 2 N–H and O–H groups in total. The zero-order chi connectivity index (χ0) is 27.3. The molecular formula is C19H20F6N5O5PS. The highest BCUT2D eigenvalue weighted by molar-refractivity contribution is 7.99. The fraction of sp³-hybridized carbons (Fsp3) is 0.421. The molecule has 0 aliphatic rings. The first-order valence-electron chi connectivity index (χ1n) is 10.2. The molecule has 0 aliphatic heterocycles. The predicted octanol–water partition coefficient (Wildman–Crippen LogP) is 4.89. The van der Waals surface area contributed by atoms with Gasteiger partial charge in [0, 0.05) is 6.54 Å². The minimum Gasteiger partial charge on any atom is -0.496 e. The Balaban J connectivity index is 1.69. The first-order valence-corrected chi connectivity index (χ1v) is 12.7. The molecule has 1 aromatic carbocycles. The van der Waals surface area contributed by atoms with Crippen LogP contribution in [-0.2, 0) is 24.9 Å². The van der Waals surface area contributed by atoms with Crippen LogP contribution in [0.3, 0.4) is 0 Å². The number of rotatable bonds is 12. The maximum atomic E-state index is 12.4. The van der Waals surface area contributed by atoms with Crippen LogP contribution in [0.4, 0.5) is 32.3 Å². The number of alkyl halides is 6. The van der Waals surface area contributed by atoms with Gasteiger partial charge in [-0.25, -0.2) is 9.97 Å². The standard InChI is InChI=1S/C19H20F6N5O5PS/c1-32-12-4-2-3-5-13(12)37-16-14-15(28-17(26)29-16)30(10-27-14)6-7-33-11-36(31,34-8-18(20,21)22)35-9-19(23,24)25/h2-5,10H,6-9,11H2,1H3,(H2,26,28,29). The molecule has 0 radical (unpaired) electrons. The molecule has 204 valence electrons. The second-order valence-electron chi connectivity index (χ2n) is 7.18. The quantitative estimate of drug-likeness (QED) is 0.138. The average molecular weight is 575 g/mol. The van der Waals surface area contributed by atoms with Crippen LogP contribution in [0.2, 0.25) is 0 Å². The minimum atomic E-state index is -4.94. The van der Waals surface area contributed by atoms with E-state index in [1.54, 1.807) is 24.3 Å². The second-order valence-corrected chi connectivity index (χ2v) is 10.2. The van der Waals surface area contributed by atoms with Crippen LogP contribution in [0.15, 0.2) is 40.5 Å². The number of methoxy groups -OCH3 is 1. The molecule has 0 spiro atoms.